The molecule has 7 atom stereocenters. The number of hydrogen-bond acceptors (Lipinski definition) is 5. The predicted octanol–water partition coefficient (Wildman–Crippen LogP) is 4.46. The van der Waals surface area contributed by atoms with Gasteiger partial charge in [-0.05, 0) is 43.5 Å². The van der Waals surface area contributed by atoms with Crippen molar-refractivity contribution in [3.63, 3.8) is 0 Å². The van der Waals surface area contributed by atoms with Gasteiger partial charge in [-0.1, -0.05) is 64.8 Å². The van der Waals surface area contributed by atoms with Crippen LogP contribution in [-0.4, -0.2) is 61.2 Å². The number of amides is 3. The maximum atomic E-state index is 14.1. The van der Waals surface area contributed by atoms with Crippen molar-refractivity contribution in [3.8, 4) is 0 Å². The number of alkyl halides is 1. The molecule has 2 aromatic carbocycles. The molecule has 0 aliphatic carbocycles. The highest BCUT2D eigenvalue weighted by molar-refractivity contribution is 9.09. The second kappa shape index (κ2) is 10.2. The van der Waals surface area contributed by atoms with Gasteiger partial charge in [-0.15, -0.1) is 11.8 Å². The number of carbonyl (C=O) groups excluding carboxylic acids is 3. The summed E-state index contributed by atoms with van der Waals surface area (Å²) in [4.78, 5) is 43.3. The molecule has 3 saturated heterocycles. The molecule has 196 valence electrons. The Morgan fingerprint density at radius 3 is 2.57 bits per heavy atom. The number of aryl methyl sites for hydroxylation is 1. The summed E-state index contributed by atoms with van der Waals surface area (Å²) in [6.07, 6.45) is 1.04. The SMILES string of the molecule is CC[C@@H](CO)N1C(=O)[C@@H]2[C@H](C(=O)Nc3ccccc3)[C@H]3SC2(CC3Br)C1C(=O)Nc1c(C)cccc1Cl. The Morgan fingerprint density at radius 1 is 1.19 bits per heavy atom. The van der Waals surface area contributed by atoms with Gasteiger partial charge in [-0.2, -0.15) is 0 Å². The maximum absolute atomic E-state index is 14.1. The molecular weight excluding hydrogens is 578 g/mol. The Balaban J connectivity index is 1.55. The standard InChI is InChI=1S/C27H29BrClN3O4S/c1-3-16(13-33)32-23(25(35)31-21-14(2)8-7-11-18(21)29)27-12-17(28)22(37-27)19(20(27)26(32)36)24(34)30-15-9-5-4-6-10-15/h4-11,16-17,19-20,22-23,33H,3,12-13H2,1-2H3,(H,30,34)(H,31,35)/t16-,17?,19-,20-,22-,23?,27?/m0/s1. The van der Waals surface area contributed by atoms with Gasteiger partial charge >= 0.3 is 0 Å². The van der Waals surface area contributed by atoms with E-state index in [1.165, 1.54) is 0 Å². The molecule has 2 bridgehead atoms. The third-order valence-electron chi connectivity index (χ3n) is 7.87. The van der Waals surface area contributed by atoms with Gasteiger partial charge in [0.05, 0.1) is 39.9 Å². The number of benzene rings is 2. The fraction of sp³-hybridized carbons (Fsp3) is 0.444. The van der Waals surface area contributed by atoms with Crippen LogP contribution >= 0.6 is 39.3 Å². The zero-order chi connectivity index (χ0) is 26.5. The number of nitrogens with zero attached hydrogens (tertiary/aromatic N) is 1. The van der Waals surface area contributed by atoms with Crippen LogP contribution in [0.2, 0.25) is 5.02 Å². The first kappa shape index (κ1) is 26.5. The van der Waals surface area contributed by atoms with Gasteiger partial charge in [0.2, 0.25) is 17.7 Å². The Kier molecular flexibility index (Phi) is 7.35. The van der Waals surface area contributed by atoms with Gasteiger partial charge in [-0.25, -0.2) is 0 Å². The average Bonchev–Trinajstić information content (AvgIpc) is 3.47. The minimum absolute atomic E-state index is 0.0421. The molecule has 3 unspecified atom stereocenters. The highest BCUT2D eigenvalue weighted by Crippen LogP contribution is 2.68. The van der Waals surface area contributed by atoms with Crippen LogP contribution in [-0.2, 0) is 14.4 Å². The third kappa shape index (κ3) is 4.28. The summed E-state index contributed by atoms with van der Waals surface area (Å²) in [5.41, 5.74) is 1.97. The molecule has 0 saturated carbocycles. The molecule has 5 rings (SSSR count). The van der Waals surface area contributed by atoms with E-state index >= 15 is 0 Å². The Hall–Kier alpha value is -2.07. The molecule has 3 amide bonds. The Morgan fingerprint density at radius 2 is 1.92 bits per heavy atom. The molecule has 3 heterocycles. The maximum Gasteiger partial charge on any atom is 0.248 e. The van der Waals surface area contributed by atoms with Crippen LogP contribution in [0.4, 0.5) is 11.4 Å². The van der Waals surface area contributed by atoms with Crippen LogP contribution in [0, 0.1) is 18.8 Å². The average molecular weight is 607 g/mol. The fourth-order valence-corrected chi connectivity index (χ4v) is 10.1. The highest BCUT2D eigenvalue weighted by Gasteiger charge is 2.76. The van der Waals surface area contributed by atoms with Crippen LogP contribution in [0.25, 0.3) is 0 Å². The van der Waals surface area contributed by atoms with Crippen molar-refractivity contribution >= 4 is 68.4 Å². The molecule has 3 fully saturated rings. The van der Waals surface area contributed by atoms with E-state index in [0.717, 1.165) is 5.56 Å². The number of aliphatic hydroxyl groups excluding tert-OH is 1. The van der Waals surface area contributed by atoms with E-state index in [1.807, 2.05) is 56.3 Å². The smallest absolute Gasteiger partial charge is 0.248 e. The minimum atomic E-state index is -0.859. The number of thioether (sulfide) groups is 1. The molecule has 7 nitrogen and oxygen atoms in total. The predicted molar refractivity (Wildman–Crippen MR) is 150 cm³/mol. The summed E-state index contributed by atoms with van der Waals surface area (Å²) in [6.45, 7) is 3.47. The normalized spacial score (nSPS) is 30.8. The molecule has 0 aromatic heterocycles. The van der Waals surface area contributed by atoms with E-state index in [9.17, 15) is 19.5 Å². The van der Waals surface area contributed by atoms with Crippen molar-refractivity contribution in [2.45, 2.75) is 53.6 Å². The van der Waals surface area contributed by atoms with Gasteiger partial charge < -0.3 is 20.6 Å². The van der Waals surface area contributed by atoms with Crippen LogP contribution in [0.15, 0.2) is 48.5 Å². The Bertz CT molecular complexity index is 1210. The molecule has 0 radical (unpaired) electrons. The van der Waals surface area contributed by atoms with Crippen molar-refractivity contribution in [3.05, 3.63) is 59.1 Å². The van der Waals surface area contributed by atoms with Crippen molar-refractivity contribution in [1.82, 2.24) is 4.90 Å². The van der Waals surface area contributed by atoms with Crippen molar-refractivity contribution in [2.75, 3.05) is 17.2 Å². The number of halogens is 2. The lowest BCUT2D eigenvalue weighted by atomic mass is 9.70. The first-order valence-electron chi connectivity index (χ1n) is 12.4. The molecule has 3 N–H and O–H groups in total. The largest absolute Gasteiger partial charge is 0.394 e. The molecule has 3 aliphatic rings. The number of anilines is 2. The zero-order valence-electron chi connectivity index (χ0n) is 20.5. The van der Waals surface area contributed by atoms with Crippen molar-refractivity contribution in [2.24, 2.45) is 11.8 Å². The molecule has 3 aliphatic heterocycles. The molecule has 1 spiro atoms. The first-order chi connectivity index (χ1) is 17.7. The number of hydrogen-bond donors (Lipinski definition) is 3. The lowest BCUT2D eigenvalue weighted by Crippen LogP contribution is -2.55. The number of rotatable bonds is 7. The van der Waals surface area contributed by atoms with E-state index in [2.05, 4.69) is 26.6 Å². The lowest BCUT2D eigenvalue weighted by molar-refractivity contribution is -0.141. The lowest BCUT2D eigenvalue weighted by Gasteiger charge is -2.37. The van der Waals surface area contributed by atoms with Gasteiger partial charge in [0.15, 0.2) is 0 Å². The summed E-state index contributed by atoms with van der Waals surface area (Å²) in [5, 5.41) is 16.4. The summed E-state index contributed by atoms with van der Waals surface area (Å²) >= 11 is 11.7. The van der Waals surface area contributed by atoms with E-state index in [4.69, 9.17) is 11.6 Å². The quantitative estimate of drug-likeness (QED) is 0.405. The summed E-state index contributed by atoms with van der Waals surface area (Å²) in [7, 11) is 0. The summed E-state index contributed by atoms with van der Waals surface area (Å²) in [6, 6.07) is 13.1. The Labute approximate surface area is 233 Å². The second-order valence-electron chi connectivity index (χ2n) is 9.93. The van der Waals surface area contributed by atoms with Crippen molar-refractivity contribution < 1.29 is 19.5 Å². The number of nitrogens with one attached hydrogen (secondary N) is 2. The molecular formula is C27H29BrClN3O4S. The summed E-state index contributed by atoms with van der Waals surface area (Å²) in [5.74, 6) is -2.12. The second-order valence-corrected chi connectivity index (χ2v) is 13.1. The van der Waals surface area contributed by atoms with Gasteiger partial charge in [-0.3, -0.25) is 14.4 Å². The number of carbonyl (C=O) groups is 3. The minimum Gasteiger partial charge on any atom is -0.394 e. The fourth-order valence-electron chi connectivity index (χ4n) is 6.20. The molecule has 2 aromatic rings. The van der Waals surface area contributed by atoms with Crippen LogP contribution in [0.1, 0.15) is 25.3 Å². The van der Waals surface area contributed by atoms with E-state index in [-0.39, 0.29) is 34.4 Å². The number of fused-ring (bicyclic) bond motifs is 1. The molecule has 37 heavy (non-hydrogen) atoms. The van der Waals surface area contributed by atoms with E-state index in [0.29, 0.717) is 29.2 Å². The van der Waals surface area contributed by atoms with Gasteiger partial charge in [0.25, 0.3) is 0 Å². The topological polar surface area (TPSA) is 98.7 Å². The van der Waals surface area contributed by atoms with Crippen LogP contribution in [0.5, 0.6) is 0 Å². The summed E-state index contributed by atoms with van der Waals surface area (Å²) < 4.78 is -0.809. The zero-order valence-corrected chi connectivity index (χ0v) is 23.6. The number of likely N-dealkylation sites (tertiary alicyclic amines) is 1. The third-order valence-corrected chi connectivity index (χ3v) is 11.4. The number of para-hydroxylation sites is 2. The first-order valence-corrected chi connectivity index (χ1v) is 14.6. The van der Waals surface area contributed by atoms with Crippen LogP contribution in [0.3, 0.4) is 0 Å². The monoisotopic (exact) mass is 605 g/mol. The van der Waals surface area contributed by atoms with E-state index in [1.54, 1.807) is 22.7 Å². The van der Waals surface area contributed by atoms with Gasteiger partial charge in [0, 0.05) is 15.8 Å². The number of aliphatic hydroxyl groups is 1. The highest BCUT2D eigenvalue weighted by atomic mass is 79.9. The van der Waals surface area contributed by atoms with Crippen molar-refractivity contribution in [1.29, 1.82) is 0 Å². The molecule has 10 heteroatoms. The van der Waals surface area contributed by atoms with Gasteiger partial charge in [0.1, 0.15) is 6.04 Å². The van der Waals surface area contributed by atoms with Crippen LogP contribution < -0.4 is 10.6 Å². The van der Waals surface area contributed by atoms with E-state index < -0.39 is 28.7 Å².